The lowest BCUT2D eigenvalue weighted by molar-refractivity contribution is 0.136. The van der Waals surface area contributed by atoms with E-state index in [0.29, 0.717) is 12.0 Å². The Morgan fingerprint density at radius 3 is 2.68 bits per heavy atom. The van der Waals surface area contributed by atoms with Crippen molar-refractivity contribution in [3.05, 3.63) is 47.6 Å². The fourth-order valence-electron chi connectivity index (χ4n) is 2.46. The summed E-state index contributed by atoms with van der Waals surface area (Å²) in [4.78, 5) is 3.50. The van der Waals surface area contributed by atoms with Crippen LogP contribution in [0.2, 0.25) is 0 Å². The van der Waals surface area contributed by atoms with Gasteiger partial charge in [-0.15, -0.1) is 0 Å². The maximum absolute atomic E-state index is 12.5. The molecule has 1 aliphatic heterocycles. The molecule has 1 atom stereocenters. The van der Waals surface area contributed by atoms with Crippen molar-refractivity contribution in [2.24, 2.45) is 0 Å². The van der Waals surface area contributed by atoms with Gasteiger partial charge in [-0.25, -0.2) is 17.2 Å². The van der Waals surface area contributed by atoms with Crippen LogP contribution in [-0.4, -0.2) is 29.4 Å². The van der Waals surface area contributed by atoms with Crippen LogP contribution in [0.1, 0.15) is 35.4 Å². The molecular formula is C13H13F2N3O3S. The first-order valence-electron chi connectivity index (χ1n) is 6.63. The quantitative estimate of drug-likeness (QED) is 0.860. The van der Waals surface area contributed by atoms with Crippen molar-refractivity contribution in [2.45, 2.75) is 24.6 Å². The molecule has 0 spiro atoms. The summed E-state index contributed by atoms with van der Waals surface area (Å²) in [6, 6.07) is 8.88. The molecule has 1 aromatic heterocycles. The average molecular weight is 329 g/mol. The number of hydrogen-bond acceptors (Lipinski definition) is 5. The molecule has 118 valence electrons. The summed E-state index contributed by atoms with van der Waals surface area (Å²) in [5.41, 5.74) is 0.712. The summed E-state index contributed by atoms with van der Waals surface area (Å²) in [5, 5.41) is 2.49. The highest BCUT2D eigenvalue weighted by Gasteiger charge is 2.40. The number of rotatable bonds is 4. The Morgan fingerprint density at radius 1 is 1.32 bits per heavy atom. The van der Waals surface area contributed by atoms with Crippen molar-refractivity contribution in [1.29, 1.82) is 0 Å². The molecule has 1 aromatic carbocycles. The molecular weight excluding hydrogens is 316 g/mol. The van der Waals surface area contributed by atoms with E-state index in [2.05, 4.69) is 14.7 Å². The van der Waals surface area contributed by atoms with E-state index in [4.69, 9.17) is 0 Å². The van der Waals surface area contributed by atoms with Crippen molar-refractivity contribution in [3.8, 4) is 0 Å². The maximum atomic E-state index is 12.5. The van der Waals surface area contributed by atoms with E-state index in [0.717, 1.165) is 0 Å². The second kappa shape index (κ2) is 5.73. The van der Waals surface area contributed by atoms with Crippen molar-refractivity contribution < 1.29 is 21.7 Å². The Balaban J connectivity index is 1.78. The number of aromatic nitrogens is 2. The topological polar surface area (TPSA) is 76.3 Å². The van der Waals surface area contributed by atoms with E-state index >= 15 is 0 Å². The molecule has 1 aliphatic rings. The minimum absolute atomic E-state index is 0.132. The lowest BCUT2D eigenvalue weighted by atomic mass is 10.1. The maximum Gasteiger partial charge on any atom is 0.300 e. The Kier molecular flexibility index (Phi) is 3.92. The van der Waals surface area contributed by atoms with Crippen molar-refractivity contribution in [2.75, 3.05) is 6.54 Å². The summed E-state index contributed by atoms with van der Waals surface area (Å²) in [6.45, 7) is 0.0969. The molecule has 0 bridgehead atoms. The molecule has 9 heteroatoms. The molecule has 2 heterocycles. The lowest BCUT2D eigenvalue weighted by Crippen LogP contribution is -2.26. The number of sulfonamides is 1. The highest BCUT2D eigenvalue weighted by atomic mass is 32.2. The lowest BCUT2D eigenvalue weighted by Gasteiger charge is -2.15. The SMILES string of the molecule is O=S1(=O)C(c2ccccc2)CCN1Cc1nc(C(F)F)no1. The minimum atomic E-state index is -3.57. The number of nitrogens with zero attached hydrogens (tertiary/aromatic N) is 3. The molecule has 0 N–H and O–H groups in total. The summed E-state index contributed by atoms with van der Waals surface area (Å²) in [6.07, 6.45) is -2.41. The van der Waals surface area contributed by atoms with Gasteiger partial charge in [0.25, 0.3) is 0 Å². The second-order valence-electron chi connectivity index (χ2n) is 4.91. The zero-order valence-electron chi connectivity index (χ0n) is 11.4. The van der Waals surface area contributed by atoms with Gasteiger partial charge in [-0.2, -0.15) is 9.29 Å². The first kappa shape index (κ1) is 15.0. The van der Waals surface area contributed by atoms with Gasteiger partial charge in [0, 0.05) is 6.54 Å². The van der Waals surface area contributed by atoms with Crippen LogP contribution in [0.25, 0.3) is 0 Å². The van der Waals surface area contributed by atoms with E-state index < -0.39 is 27.5 Å². The Bertz CT molecular complexity index is 749. The third-order valence-corrected chi connectivity index (χ3v) is 5.78. The number of benzene rings is 1. The zero-order chi connectivity index (χ0) is 15.7. The van der Waals surface area contributed by atoms with E-state index in [1.165, 1.54) is 4.31 Å². The Hall–Kier alpha value is -1.87. The molecule has 3 rings (SSSR count). The fraction of sp³-hybridized carbons (Fsp3) is 0.385. The van der Waals surface area contributed by atoms with E-state index in [-0.39, 0.29) is 19.0 Å². The van der Waals surface area contributed by atoms with Crippen LogP contribution >= 0.6 is 0 Å². The first-order chi connectivity index (χ1) is 10.5. The zero-order valence-corrected chi connectivity index (χ0v) is 12.2. The standard InChI is InChI=1S/C13H13F2N3O3S/c14-12(15)13-16-11(21-17-13)8-18-7-6-10(22(18,19)20)9-4-2-1-3-5-9/h1-5,10,12H,6-8H2. The predicted octanol–water partition coefficient (Wildman–Crippen LogP) is 2.28. The molecule has 0 amide bonds. The van der Waals surface area contributed by atoms with Gasteiger partial charge in [-0.3, -0.25) is 0 Å². The highest BCUT2D eigenvalue weighted by molar-refractivity contribution is 7.89. The summed E-state index contributed by atoms with van der Waals surface area (Å²) in [7, 11) is -3.57. The van der Waals surface area contributed by atoms with Crippen LogP contribution in [0, 0.1) is 0 Å². The molecule has 1 fully saturated rings. The van der Waals surface area contributed by atoms with Crippen LogP contribution in [0.3, 0.4) is 0 Å². The van der Waals surface area contributed by atoms with Gasteiger partial charge < -0.3 is 4.52 Å². The molecule has 2 aromatic rings. The largest absolute Gasteiger partial charge is 0.338 e. The number of halogens is 2. The smallest absolute Gasteiger partial charge is 0.300 e. The number of alkyl halides is 2. The van der Waals surface area contributed by atoms with Gasteiger partial charge in [0.15, 0.2) is 0 Å². The summed E-state index contributed by atoms with van der Waals surface area (Å²) >= 11 is 0. The highest BCUT2D eigenvalue weighted by Crippen LogP contribution is 2.35. The molecule has 0 aliphatic carbocycles. The van der Waals surface area contributed by atoms with Crippen LogP contribution in [-0.2, 0) is 16.6 Å². The minimum Gasteiger partial charge on any atom is -0.338 e. The van der Waals surface area contributed by atoms with Crippen LogP contribution in [0.5, 0.6) is 0 Å². The monoisotopic (exact) mass is 329 g/mol. The molecule has 6 nitrogen and oxygen atoms in total. The summed E-state index contributed by atoms with van der Waals surface area (Å²) < 4.78 is 55.7. The molecule has 0 saturated carbocycles. The summed E-state index contributed by atoms with van der Waals surface area (Å²) in [5.74, 6) is -0.862. The van der Waals surface area contributed by atoms with Crippen LogP contribution < -0.4 is 0 Å². The van der Waals surface area contributed by atoms with E-state index in [9.17, 15) is 17.2 Å². The van der Waals surface area contributed by atoms with Gasteiger partial charge in [-0.05, 0) is 12.0 Å². The van der Waals surface area contributed by atoms with Crippen LogP contribution in [0.4, 0.5) is 8.78 Å². The third-order valence-electron chi connectivity index (χ3n) is 3.52. The number of hydrogen-bond donors (Lipinski definition) is 0. The van der Waals surface area contributed by atoms with Crippen molar-refractivity contribution in [3.63, 3.8) is 0 Å². The second-order valence-corrected chi connectivity index (χ2v) is 7.03. The Labute approximate surface area is 125 Å². The fourth-order valence-corrected chi connectivity index (χ4v) is 4.38. The van der Waals surface area contributed by atoms with Gasteiger partial charge in [0.2, 0.25) is 21.7 Å². The Morgan fingerprint density at radius 2 is 2.05 bits per heavy atom. The van der Waals surface area contributed by atoms with Gasteiger partial charge in [0.05, 0.1) is 6.54 Å². The van der Waals surface area contributed by atoms with Gasteiger partial charge >= 0.3 is 6.43 Å². The predicted molar refractivity (Wildman–Crippen MR) is 72.4 cm³/mol. The molecule has 22 heavy (non-hydrogen) atoms. The van der Waals surface area contributed by atoms with Gasteiger partial charge in [0.1, 0.15) is 5.25 Å². The van der Waals surface area contributed by atoms with Crippen molar-refractivity contribution >= 4 is 10.0 Å². The molecule has 0 radical (unpaired) electrons. The van der Waals surface area contributed by atoms with E-state index in [1.807, 2.05) is 6.07 Å². The molecule has 1 unspecified atom stereocenters. The van der Waals surface area contributed by atoms with Crippen molar-refractivity contribution in [1.82, 2.24) is 14.4 Å². The molecule has 1 saturated heterocycles. The average Bonchev–Trinajstić information content (AvgIpc) is 3.06. The normalized spacial score (nSPS) is 21.5. The third kappa shape index (κ3) is 2.73. The van der Waals surface area contributed by atoms with Crippen LogP contribution in [0.15, 0.2) is 34.9 Å². The van der Waals surface area contributed by atoms with Gasteiger partial charge in [-0.1, -0.05) is 35.5 Å². The van der Waals surface area contributed by atoms with E-state index in [1.54, 1.807) is 24.3 Å². The first-order valence-corrected chi connectivity index (χ1v) is 8.13.